The van der Waals surface area contributed by atoms with Gasteiger partial charge in [-0.3, -0.25) is 9.59 Å². The highest BCUT2D eigenvalue weighted by molar-refractivity contribution is 5.94. The summed E-state index contributed by atoms with van der Waals surface area (Å²) < 4.78 is 16.5. The van der Waals surface area contributed by atoms with Gasteiger partial charge >= 0.3 is 0 Å². The fourth-order valence-corrected chi connectivity index (χ4v) is 3.80. The van der Waals surface area contributed by atoms with Crippen LogP contribution in [-0.4, -0.2) is 67.6 Å². The molecule has 0 unspecified atom stereocenters. The molecule has 2 aliphatic rings. The molecule has 29 heavy (non-hydrogen) atoms. The minimum Gasteiger partial charge on any atom is -0.493 e. The van der Waals surface area contributed by atoms with Crippen LogP contribution in [-0.2, 0) is 4.74 Å². The fraction of sp³-hybridized carbons (Fsp3) is 0.455. The first-order valence-corrected chi connectivity index (χ1v) is 10.1. The minimum absolute atomic E-state index is 0.0270. The number of morpholine rings is 1. The van der Waals surface area contributed by atoms with Gasteiger partial charge in [-0.1, -0.05) is 0 Å². The smallest absolute Gasteiger partial charge is 0.289 e. The summed E-state index contributed by atoms with van der Waals surface area (Å²) >= 11 is 0. The lowest BCUT2D eigenvalue weighted by Crippen LogP contribution is -2.41. The lowest BCUT2D eigenvalue weighted by Gasteiger charge is -2.32. The zero-order valence-corrected chi connectivity index (χ0v) is 16.4. The molecule has 2 aromatic rings. The molecule has 7 heteroatoms. The Hall–Kier alpha value is -2.80. The molecule has 4 rings (SSSR count). The van der Waals surface area contributed by atoms with Crippen LogP contribution in [0.25, 0.3) is 0 Å². The molecule has 0 radical (unpaired) electrons. The zero-order chi connectivity index (χ0) is 20.1. The van der Waals surface area contributed by atoms with Crippen LogP contribution in [0.3, 0.4) is 0 Å². The molecular weight excluding hydrogens is 372 g/mol. The van der Waals surface area contributed by atoms with Gasteiger partial charge in [0.15, 0.2) is 5.76 Å². The second-order valence-electron chi connectivity index (χ2n) is 7.48. The van der Waals surface area contributed by atoms with E-state index in [0.29, 0.717) is 50.8 Å². The summed E-state index contributed by atoms with van der Waals surface area (Å²) in [6, 6.07) is 10.7. The molecule has 3 heterocycles. The second-order valence-corrected chi connectivity index (χ2v) is 7.48. The third-order valence-corrected chi connectivity index (χ3v) is 5.42. The highest BCUT2D eigenvalue weighted by Gasteiger charge is 2.26. The van der Waals surface area contributed by atoms with E-state index < -0.39 is 0 Å². The van der Waals surface area contributed by atoms with Gasteiger partial charge in [0.1, 0.15) is 5.75 Å². The Morgan fingerprint density at radius 3 is 2.52 bits per heavy atom. The van der Waals surface area contributed by atoms with Crippen LogP contribution in [0.2, 0.25) is 0 Å². The van der Waals surface area contributed by atoms with Gasteiger partial charge in [0.25, 0.3) is 11.8 Å². The molecule has 0 bridgehead atoms. The summed E-state index contributed by atoms with van der Waals surface area (Å²) in [7, 11) is 0. The quantitative estimate of drug-likeness (QED) is 0.774. The van der Waals surface area contributed by atoms with Gasteiger partial charge in [-0.05, 0) is 49.2 Å². The summed E-state index contributed by atoms with van der Waals surface area (Å²) in [5.74, 6) is 1.35. The van der Waals surface area contributed by atoms with Gasteiger partial charge in [0.05, 0.1) is 26.1 Å². The average molecular weight is 398 g/mol. The van der Waals surface area contributed by atoms with Crippen LogP contribution >= 0.6 is 0 Å². The predicted molar refractivity (Wildman–Crippen MR) is 106 cm³/mol. The fourth-order valence-electron chi connectivity index (χ4n) is 3.80. The number of nitrogens with zero attached hydrogens (tertiary/aromatic N) is 2. The number of benzene rings is 1. The minimum atomic E-state index is -0.0642. The van der Waals surface area contributed by atoms with E-state index in [1.54, 1.807) is 24.3 Å². The van der Waals surface area contributed by atoms with Crippen LogP contribution in [0, 0.1) is 5.92 Å². The predicted octanol–water partition coefficient (Wildman–Crippen LogP) is 2.68. The number of carbonyl (C=O) groups is 2. The van der Waals surface area contributed by atoms with Gasteiger partial charge < -0.3 is 23.7 Å². The first-order valence-electron chi connectivity index (χ1n) is 10.1. The van der Waals surface area contributed by atoms with Crippen molar-refractivity contribution in [1.82, 2.24) is 9.80 Å². The summed E-state index contributed by atoms with van der Waals surface area (Å²) in [4.78, 5) is 28.6. The average Bonchev–Trinajstić information content (AvgIpc) is 3.33. The van der Waals surface area contributed by atoms with Crippen molar-refractivity contribution >= 4 is 11.8 Å². The molecule has 2 aliphatic heterocycles. The maximum Gasteiger partial charge on any atom is 0.289 e. The molecule has 0 spiro atoms. The van der Waals surface area contributed by atoms with Gasteiger partial charge in [0.2, 0.25) is 0 Å². The molecule has 0 aliphatic carbocycles. The van der Waals surface area contributed by atoms with E-state index in [-0.39, 0.29) is 17.7 Å². The van der Waals surface area contributed by atoms with Gasteiger partial charge in [0, 0.05) is 37.7 Å². The van der Waals surface area contributed by atoms with Crippen molar-refractivity contribution in [2.75, 3.05) is 46.0 Å². The largest absolute Gasteiger partial charge is 0.493 e. The van der Waals surface area contributed by atoms with Crippen LogP contribution in [0.15, 0.2) is 47.1 Å². The molecule has 154 valence electrons. The third kappa shape index (κ3) is 4.79. The molecule has 2 amide bonds. The number of amides is 2. The van der Waals surface area contributed by atoms with Crippen molar-refractivity contribution in [2.24, 2.45) is 5.92 Å². The van der Waals surface area contributed by atoms with Crippen LogP contribution in [0.5, 0.6) is 5.75 Å². The number of likely N-dealkylation sites (tertiary alicyclic amines) is 1. The molecule has 1 aromatic carbocycles. The number of rotatable bonds is 5. The lowest BCUT2D eigenvalue weighted by molar-refractivity contribution is 0.0303. The molecule has 1 atom stereocenters. The normalized spacial score (nSPS) is 19.8. The van der Waals surface area contributed by atoms with Crippen molar-refractivity contribution in [1.29, 1.82) is 0 Å². The maximum atomic E-state index is 12.5. The molecule has 0 N–H and O–H groups in total. The van der Waals surface area contributed by atoms with E-state index in [2.05, 4.69) is 0 Å². The highest BCUT2D eigenvalue weighted by Crippen LogP contribution is 2.21. The molecule has 2 fully saturated rings. The highest BCUT2D eigenvalue weighted by atomic mass is 16.5. The topological polar surface area (TPSA) is 72.2 Å². The van der Waals surface area contributed by atoms with Gasteiger partial charge in [-0.15, -0.1) is 0 Å². The SMILES string of the molecule is O=C(c1ccc(OC[C@@H]2CCCN(C(=O)c3ccco3)C2)cc1)N1CCOCC1. The van der Waals surface area contributed by atoms with E-state index in [9.17, 15) is 9.59 Å². The zero-order valence-electron chi connectivity index (χ0n) is 16.4. The van der Waals surface area contributed by atoms with Crippen molar-refractivity contribution in [3.05, 3.63) is 54.0 Å². The van der Waals surface area contributed by atoms with Crippen molar-refractivity contribution in [2.45, 2.75) is 12.8 Å². The summed E-state index contributed by atoms with van der Waals surface area (Å²) in [6.45, 7) is 4.39. The van der Waals surface area contributed by atoms with E-state index in [0.717, 1.165) is 25.1 Å². The Morgan fingerprint density at radius 2 is 1.79 bits per heavy atom. The molecule has 7 nitrogen and oxygen atoms in total. The van der Waals surface area contributed by atoms with E-state index in [1.807, 2.05) is 21.9 Å². The standard InChI is InChI=1S/C22H26N2O5/c25-21(23-10-13-27-14-11-23)18-5-7-19(8-6-18)29-16-17-3-1-9-24(15-17)22(26)20-4-2-12-28-20/h2,4-8,12,17H,1,3,9-11,13-16H2/t17-/m1/s1. The number of ether oxygens (including phenoxy) is 2. The van der Waals surface area contributed by atoms with Crippen LogP contribution < -0.4 is 4.74 Å². The monoisotopic (exact) mass is 398 g/mol. The Balaban J connectivity index is 1.28. The van der Waals surface area contributed by atoms with Crippen molar-refractivity contribution < 1.29 is 23.5 Å². The van der Waals surface area contributed by atoms with Gasteiger partial charge in [-0.25, -0.2) is 0 Å². The first kappa shape index (κ1) is 19.5. The van der Waals surface area contributed by atoms with E-state index in [1.165, 1.54) is 6.26 Å². The Labute approximate surface area is 170 Å². The van der Waals surface area contributed by atoms with Crippen molar-refractivity contribution in [3.63, 3.8) is 0 Å². The second kappa shape index (κ2) is 9.13. The molecular formula is C22H26N2O5. The van der Waals surface area contributed by atoms with Gasteiger partial charge in [-0.2, -0.15) is 0 Å². The van der Waals surface area contributed by atoms with Crippen LogP contribution in [0.4, 0.5) is 0 Å². The lowest BCUT2D eigenvalue weighted by atomic mass is 9.98. The number of carbonyl (C=O) groups excluding carboxylic acids is 2. The molecule has 2 saturated heterocycles. The number of furan rings is 1. The van der Waals surface area contributed by atoms with Crippen molar-refractivity contribution in [3.8, 4) is 5.75 Å². The Bertz CT molecular complexity index is 812. The summed E-state index contributed by atoms with van der Waals surface area (Å²) in [6.07, 6.45) is 3.49. The number of hydrogen-bond acceptors (Lipinski definition) is 5. The Morgan fingerprint density at radius 1 is 1.00 bits per heavy atom. The van der Waals surface area contributed by atoms with E-state index in [4.69, 9.17) is 13.9 Å². The van der Waals surface area contributed by atoms with Crippen LogP contribution in [0.1, 0.15) is 33.8 Å². The van der Waals surface area contributed by atoms with E-state index >= 15 is 0 Å². The summed E-state index contributed by atoms with van der Waals surface area (Å²) in [5.41, 5.74) is 0.659. The number of hydrogen-bond donors (Lipinski definition) is 0. The third-order valence-electron chi connectivity index (χ3n) is 5.42. The maximum absolute atomic E-state index is 12.5. The first-order chi connectivity index (χ1) is 14.2. The Kier molecular flexibility index (Phi) is 6.14. The molecule has 0 saturated carbocycles. The summed E-state index contributed by atoms with van der Waals surface area (Å²) in [5, 5.41) is 0. The molecule has 1 aromatic heterocycles. The number of piperidine rings is 1.